The molecule has 0 saturated carbocycles. The summed E-state index contributed by atoms with van der Waals surface area (Å²) in [5.41, 5.74) is 5.93. The number of halogens is 1. The molecule has 0 fully saturated rings. The number of benzene rings is 3. The van der Waals surface area contributed by atoms with Gasteiger partial charge in [0.05, 0.1) is 36.6 Å². The molecule has 5 rings (SSSR count). The van der Waals surface area contributed by atoms with E-state index in [1.54, 1.807) is 32.5 Å². The molecule has 0 aliphatic carbocycles. The zero-order chi connectivity index (χ0) is 30.2. The molecule has 0 amide bonds. The van der Waals surface area contributed by atoms with Crippen molar-refractivity contribution in [2.75, 3.05) is 14.2 Å². The molecular formula is C33H31ClN2O5S. The van der Waals surface area contributed by atoms with Gasteiger partial charge in [0.2, 0.25) is 0 Å². The summed E-state index contributed by atoms with van der Waals surface area (Å²) in [7, 11) is 3.20. The van der Waals surface area contributed by atoms with Crippen LogP contribution in [0.15, 0.2) is 60.8 Å². The average molecular weight is 603 g/mol. The van der Waals surface area contributed by atoms with Crippen molar-refractivity contribution >= 4 is 39.1 Å². The van der Waals surface area contributed by atoms with Crippen LogP contribution in [-0.4, -0.2) is 40.9 Å². The number of thiazole rings is 1. The Hall–Kier alpha value is -4.14. The lowest BCUT2D eigenvalue weighted by molar-refractivity contribution is -0.136. The summed E-state index contributed by atoms with van der Waals surface area (Å²) in [6.07, 6.45) is 1.62. The summed E-state index contributed by atoms with van der Waals surface area (Å²) >= 11 is 7.89. The van der Waals surface area contributed by atoms with Crippen molar-refractivity contribution < 1.29 is 24.1 Å². The van der Waals surface area contributed by atoms with Crippen molar-refractivity contribution in [3.05, 3.63) is 76.9 Å². The number of ether oxygens (including phenoxy) is 3. The van der Waals surface area contributed by atoms with Crippen LogP contribution in [0, 0.1) is 6.92 Å². The molecule has 2 heterocycles. The summed E-state index contributed by atoms with van der Waals surface area (Å²) in [5, 5.41) is 11.2. The van der Waals surface area contributed by atoms with Gasteiger partial charge in [0.25, 0.3) is 0 Å². The van der Waals surface area contributed by atoms with Crippen LogP contribution in [0.5, 0.6) is 17.2 Å². The van der Waals surface area contributed by atoms with Gasteiger partial charge in [-0.25, -0.2) is 4.98 Å². The highest BCUT2D eigenvalue weighted by molar-refractivity contribution is 7.22. The molecule has 0 aliphatic heterocycles. The standard InChI is InChI=1S/C33H31ClN2O5S/c1-18-13-25-31(30(23(18)17-29(37)38)22-9-8-21(34)16-27(22)41-33(2,3)4)42-32(36-25)20-11-12-35-24(14-20)19-7-10-26(39-5)28(15-19)40-6/h7-16H,17H2,1-6H3,(H,37,38). The number of carboxylic acid groups (broad SMARTS) is 1. The molecule has 1 N–H and O–H groups in total. The second-order valence-corrected chi connectivity index (χ2v) is 12.3. The van der Waals surface area contributed by atoms with Gasteiger partial charge in [-0.05, 0) is 93.4 Å². The summed E-state index contributed by atoms with van der Waals surface area (Å²) < 4.78 is 18.1. The zero-order valence-electron chi connectivity index (χ0n) is 24.2. The van der Waals surface area contributed by atoms with Crippen LogP contribution in [0.2, 0.25) is 5.02 Å². The van der Waals surface area contributed by atoms with Gasteiger partial charge < -0.3 is 19.3 Å². The molecule has 2 aromatic heterocycles. The van der Waals surface area contributed by atoms with E-state index in [4.69, 9.17) is 30.8 Å². The zero-order valence-corrected chi connectivity index (χ0v) is 25.8. The maximum atomic E-state index is 12.0. The number of carboxylic acids is 1. The number of rotatable bonds is 8. The van der Waals surface area contributed by atoms with Gasteiger partial charge in [-0.2, -0.15) is 0 Å². The predicted octanol–water partition coefficient (Wildman–Crippen LogP) is 8.48. The minimum Gasteiger partial charge on any atom is -0.493 e. The molecule has 5 aromatic rings. The minimum absolute atomic E-state index is 0.138. The van der Waals surface area contributed by atoms with E-state index < -0.39 is 11.6 Å². The molecule has 9 heteroatoms. The number of fused-ring (bicyclic) bond motifs is 1. The highest BCUT2D eigenvalue weighted by atomic mass is 35.5. The molecule has 0 bridgehead atoms. The van der Waals surface area contributed by atoms with Crippen LogP contribution >= 0.6 is 22.9 Å². The Kier molecular flexibility index (Phi) is 8.12. The Morgan fingerprint density at radius 3 is 2.40 bits per heavy atom. The van der Waals surface area contributed by atoms with Gasteiger partial charge >= 0.3 is 5.97 Å². The van der Waals surface area contributed by atoms with Crippen molar-refractivity contribution in [2.24, 2.45) is 0 Å². The third-order valence-corrected chi connectivity index (χ3v) is 8.03. The maximum Gasteiger partial charge on any atom is 0.307 e. The first kappa shape index (κ1) is 29.4. The number of hydrogen-bond donors (Lipinski definition) is 1. The molecule has 7 nitrogen and oxygen atoms in total. The fourth-order valence-electron chi connectivity index (χ4n) is 4.86. The number of pyridine rings is 1. The molecule has 216 valence electrons. The van der Waals surface area contributed by atoms with Gasteiger partial charge in [0.15, 0.2) is 11.5 Å². The van der Waals surface area contributed by atoms with Crippen LogP contribution in [0.25, 0.3) is 43.2 Å². The number of aryl methyl sites for hydroxylation is 1. The van der Waals surface area contributed by atoms with E-state index in [1.807, 2.05) is 70.2 Å². The van der Waals surface area contributed by atoms with Crippen molar-refractivity contribution in [3.63, 3.8) is 0 Å². The predicted molar refractivity (Wildman–Crippen MR) is 168 cm³/mol. The fourth-order valence-corrected chi connectivity index (χ4v) is 6.15. The van der Waals surface area contributed by atoms with Crippen LogP contribution in [0.3, 0.4) is 0 Å². The summed E-state index contributed by atoms with van der Waals surface area (Å²) in [4.78, 5) is 21.6. The van der Waals surface area contributed by atoms with E-state index >= 15 is 0 Å². The Bertz CT molecular complexity index is 1810. The van der Waals surface area contributed by atoms with Crippen molar-refractivity contribution in [3.8, 4) is 50.2 Å². The largest absolute Gasteiger partial charge is 0.493 e. The van der Waals surface area contributed by atoms with E-state index in [-0.39, 0.29) is 6.42 Å². The molecular weight excluding hydrogens is 572 g/mol. The Labute approximate surface area is 253 Å². The second-order valence-electron chi connectivity index (χ2n) is 10.8. The third-order valence-electron chi connectivity index (χ3n) is 6.65. The first-order valence-electron chi connectivity index (χ1n) is 13.3. The molecule has 0 aliphatic rings. The summed E-state index contributed by atoms with van der Waals surface area (Å²) in [6, 6.07) is 17.0. The number of methoxy groups -OCH3 is 2. The molecule has 0 unspecified atom stereocenters. The second kappa shape index (κ2) is 11.6. The van der Waals surface area contributed by atoms with E-state index in [0.29, 0.717) is 27.8 Å². The first-order valence-corrected chi connectivity index (χ1v) is 14.5. The highest BCUT2D eigenvalue weighted by Crippen LogP contribution is 2.45. The molecule has 0 saturated heterocycles. The Morgan fingerprint density at radius 2 is 1.71 bits per heavy atom. The van der Waals surface area contributed by atoms with Crippen molar-refractivity contribution in [2.45, 2.75) is 39.7 Å². The molecule has 0 radical (unpaired) electrons. The number of carbonyl (C=O) groups is 1. The van der Waals surface area contributed by atoms with Crippen LogP contribution in [0.1, 0.15) is 31.9 Å². The normalized spacial score (nSPS) is 11.5. The SMILES string of the molecule is COc1ccc(-c2cc(-c3nc4cc(C)c(CC(=O)O)c(-c5ccc(Cl)cc5OC(C)(C)C)c4s3)ccn2)cc1OC. The van der Waals surface area contributed by atoms with Gasteiger partial charge in [-0.1, -0.05) is 11.6 Å². The number of aromatic nitrogens is 2. The molecule has 3 aromatic carbocycles. The monoisotopic (exact) mass is 602 g/mol. The number of hydrogen-bond acceptors (Lipinski definition) is 7. The third kappa shape index (κ3) is 6.05. The summed E-state index contributed by atoms with van der Waals surface area (Å²) in [6.45, 7) is 7.81. The van der Waals surface area contributed by atoms with Crippen LogP contribution < -0.4 is 14.2 Å². The lowest BCUT2D eigenvalue weighted by Gasteiger charge is -2.24. The number of aliphatic carboxylic acids is 1. The Morgan fingerprint density at radius 1 is 0.952 bits per heavy atom. The lowest BCUT2D eigenvalue weighted by atomic mass is 9.92. The summed E-state index contributed by atoms with van der Waals surface area (Å²) in [5.74, 6) is 0.928. The lowest BCUT2D eigenvalue weighted by Crippen LogP contribution is -2.23. The maximum absolute atomic E-state index is 12.0. The fraction of sp³-hybridized carbons (Fsp3) is 0.242. The minimum atomic E-state index is -0.913. The van der Waals surface area contributed by atoms with E-state index in [1.165, 1.54) is 11.3 Å². The molecule has 0 spiro atoms. The average Bonchev–Trinajstić information content (AvgIpc) is 3.36. The van der Waals surface area contributed by atoms with Gasteiger partial charge in [-0.3, -0.25) is 9.78 Å². The highest BCUT2D eigenvalue weighted by Gasteiger charge is 2.24. The smallest absolute Gasteiger partial charge is 0.307 e. The van der Waals surface area contributed by atoms with Crippen LogP contribution in [0.4, 0.5) is 0 Å². The molecule has 0 atom stereocenters. The van der Waals surface area contributed by atoms with Crippen molar-refractivity contribution in [1.82, 2.24) is 9.97 Å². The Balaban J connectivity index is 1.70. The van der Waals surface area contributed by atoms with Gasteiger partial charge in [0, 0.05) is 33.5 Å². The van der Waals surface area contributed by atoms with E-state index in [9.17, 15) is 9.90 Å². The van der Waals surface area contributed by atoms with E-state index in [2.05, 4.69) is 4.98 Å². The van der Waals surface area contributed by atoms with Crippen molar-refractivity contribution in [1.29, 1.82) is 0 Å². The van der Waals surface area contributed by atoms with Crippen LogP contribution in [-0.2, 0) is 11.2 Å². The first-order chi connectivity index (χ1) is 20.0. The molecule has 42 heavy (non-hydrogen) atoms. The quantitative estimate of drug-likeness (QED) is 0.190. The van der Waals surface area contributed by atoms with Gasteiger partial charge in [0.1, 0.15) is 16.4 Å². The number of nitrogens with zero attached hydrogens (tertiary/aromatic N) is 2. The van der Waals surface area contributed by atoms with E-state index in [0.717, 1.165) is 48.7 Å². The van der Waals surface area contributed by atoms with Gasteiger partial charge in [-0.15, -0.1) is 11.3 Å². The topological polar surface area (TPSA) is 90.8 Å².